The van der Waals surface area contributed by atoms with Crippen LogP contribution in [-0.2, 0) is 0 Å². The fraction of sp³-hybridized carbons (Fsp3) is 0.278. The van der Waals surface area contributed by atoms with Gasteiger partial charge in [0.1, 0.15) is 0 Å². The topological polar surface area (TPSA) is 18.5 Å². The van der Waals surface area contributed by atoms with Crippen molar-refractivity contribution in [1.29, 1.82) is 0 Å². The molecule has 1 aliphatic rings. The molecule has 0 bridgehead atoms. The fourth-order valence-corrected chi connectivity index (χ4v) is 3.21. The van der Waals surface area contributed by atoms with Crippen molar-refractivity contribution >= 4 is 40.3 Å². The number of anilines is 2. The number of nitrogens with one attached hydrogen (secondary N) is 1. The SMILES string of the molecule is Cc1c(Cl)cccc1NC(=S)N1CCN(c2ccccc2)CC1. The Hall–Kier alpha value is -1.78. The predicted molar refractivity (Wildman–Crippen MR) is 103 cm³/mol. The molecular formula is C18H20ClN3S. The summed E-state index contributed by atoms with van der Waals surface area (Å²) in [4.78, 5) is 4.61. The van der Waals surface area contributed by atoms with Crippen molar-refractivity contribution in [3.05, 3.63) is 59.1 Å². The van der Waals surface area contributed by atoms with Crippen molar-refractivity contribution in [2.24, 2.45) is 0 Å². The Labute approximate surface area is 147 Å². The Morgan fingerprint density at radius 1 is 1.00 bits per heavy atom. The van der Waals surface area contributed by atoms with Gasteiger partial charge in [0, 0.05) is 42.6 Å². The van der Waals surface area contributed by atoms with Gasteiger partial charge in [-0.2, -0.15) is 0 Å². The maximum atomic E-state index is 6.17. The van der Waals surface area contributed by atoms with Gasteiger partial charge in [-0.3, -0.25) is 0 Å². The number of hydrogen-bond acceptors (Lipinski definition) is 2. The van der Waals surface area contributed by atoms with Crippen LogP contribution < -0.4 is 10.2 Å². The van der Waals surface area contributed by atoms with Gasteiger partial charge in [-0.1, -0.05) is 35.9 Å². The number of para-hydroxylation sites is 1. The maximum Gasteiger partial charge on any atom is 0.173 e. The number of benzene rings is 2. The Morgan fingerprint density at radius 2 is 1.70 bits per heavy atom. The molecule has 3 nitrogen and oxygen atoms in total. The second-order valence-corrected chi connectivity index (χ2v) is 6.45. The van der Waals surface area contributed by atoms with Gasteiger partial charge in [0.2, 0.25) is 0 Å². The Kier molecular flexibility index (Phi) is 5.03. The van der Waals surface area contributed by atoms with Gasteiger partial charge in [0.15, 0.2) is 5.11 Å². The van der Waals surface area contributed by atoms with E-state index in [1.807, 2.05) is 31.2 Å². The van der Waals surface area contributed by atoms with Crippen LogP contribution in [0.3, 0.4) is 0 Å². The summed E-state index contributed by atoms with van der Waals surface area (Å²) in [5.41, 5.74) is 3.28. The average molecular weight is 346 g/mol. The second kappa shape index (κ2) is 7.20. The number of rotatable bonds is 2. The largest absolute Gasteiger partial charge is 0.368 e. The summed E-state index contributed by atoms with van der Waals surface area (Å²) < 4.78 is 0. The molecule has 1 saturated heterocycles. The zero-order valence-electron chi connectivity index (χ0n) is 13.1. The van der Waals surface area contributed by atoms with Gasteiger partial charge >= 0.3 is 0 Å². The quantitative estimate of drug-likeness (QED) is 0.823. The van der Waals surface area contributed by atoms with Gasteiger partial charge in [-0.05, 0) is 49.0 Å². The van der Waals surface area contributed by atoms with E-state index in [-0.39, 0.29) is 0 Å². The number of halogens is 1. The van der Waals surface area contributed by atoms with Crippen LogP contribution in [0.1, 0.15) is 5.56 Å². The molecule has 120 valence electrons. The molecule has 0 spiro atoms. The molecule has 2 aromatic rings. The lowest BCUT2D eigenvalue weighted by atomic mass is 10.2. The highest BCUT2D eigenvalue weighted by atomic mass is 35.5. The van der Waals surface area contributed by atoms with Gasteiger partial charge < -0.3 is 15.1 Å². The van der Waals surface area contributed by atoms with Crippen molar-refractivity contribution in [3.8, 4) is 0 Å². The van der Waals surface area contributed by atoms with E-state index in [2.05, 4.69) is 39.4 Å². The molecule has 0 saturated carbocycles. The summed E-state index contributed by atoms with van der Waals surface area (Å²) in [6.45, 7) is 5.78. The van der Waals surface area contributed by atoms with Gasteiger partial charge in [-0.15, -0.1) is 0 Å². The zero-order valence-corrected chi connectivity index (χ0v) is 14.7. The molecular weight excluding hydrogens is 326 g/mol. The van der Waals surface area contributed by atoms with E-state index in [9.17, 15) is 0 Å². The lowest BCUT2D eigenvalue weighted by Crippen LogP contribution is -2.50. The van der Waals surface area contributed by atoms with Crippen molar-refractivity contribution in [3.63, 3.8) is 0 Å². The van der Waals surface area contributed by atoms with Gasteiger partial charge in [0.25, 0.3) is 0 Å². The smallest absolute Gasteiger partial charge is 0.173 e. The monoisotopic (exact) mass is 345 g/mol. The highest BCUT2D eigenvalue weighted by Crippen LogP contribution is 2.23. The maximum absolute atomic E-state index is 6.17. The average Bonchev–Trinajstić information content (AvgIpc) is 2.60. The van der Waals surface area contributed by atoms with E-state index in [1.54, 1.807) is 0 Å². The number of nitrogens with zero attached hydrogens (tertiary/aromatic N) is 2. The summed E-state index contributed by atoms with van der Waals surface area (Å²) in [6, 6.07) is 16.4. The van der Waals surface area contributed by atoms with Crippen LogP contribution in [0, 0.1) is 6.92 Å². The summed E-state index contributed by atoms with van der Waals surface area (Å²) >= 11 is 11.7. The molecule has 5 heteroatoms. The minimum Gasteiger partial charge on any atom is -0.368 e. The van der Waals surface area contributed by atoms with Crippen LogP contribution in [0.25, 0.3) is 0 Å². The third-order valence-corrected chi connectivity index (χ3v) is 4.97. The third-order valence-electron chi connectivity index (χ3n) is 4.20. The molecule has 0 radical (unpaired) electrons. The fourth-order valence-electron chi connectivity index (χ4n) is 2.74. The second-order valence-electron chi connectivity index (χ2n) is 5.65. The van der Waals surface area contributed by atoms with Crippen molar-refractivity contribution < 1.29 is 0 Å². The van der Waals surface area contributed by atoms with Crippen LogP contribution in [-0.4, -0.2) is 36.2 Å². The first-order chi connectivity index (χ1) is 11.1. The molecule has 1 heterocycles. The van der Waals surface area contributed by atoms with Gasteiger partial charge in [0.05, 0.1) is 0 Å². The van der Waals surface area contributed by atoms with E-state index in [0.717, 1.165) is 47.6 Å². The Bertz CT molecular complexity index is 682. The van der Waals surface area contributed by atoms with Crippen LogP contribution in [0.5, 0.6) is 0 Å². The first-order valence-electron chi connectivity index (χ1n) is 7.76. The van der Waals surface area contributed by atoms with E-state index in [0.29, 0.717) is 0 Å². The van der Waals surface area contributed by atoms with E-state index in [4.69, 9.17) is 23.8 Å². The molecule has 2 aromatic carbocycles. The molecule has 0 aromatic heterocycles. The summed E-state index contributed by atoms with van der Waals surface area (Å²) in [5.74, 6) is 0. The molecule has 0 unspecified atom stereocenters. The highest BCUT2D eigenvalue weighted by molar-refractivity contribution is 7.80. The number of thiocarbonyl (C=S) groups is 1. The van der Waals surface area contributed by atoms with Crippen LogP contribution >= 0.6 is 23.8 Å². The number of piperazine rings is 1. The van der Waals surface area contributed by atoms with Crippen molar-refractivity contribution in [2.75, 3.05) is 36.4 Å². The molecule has 1 aliphatic heterocycles. The molecule has 1 fully saturated rings. The van der Waals surface area contributed by atoms with E-state index in [1.165, 1.54) is 5.69 Å². The van der Waals surface area contributed by atoms with Gasteiger partial charge in [-0.25, -0.2) is 0 Å². The molecule has 1 N–H and O–H groups in total. The lowest BCUT2D eigenvalue weighted by molar-refractivity contribution is 0.391. The van der Waals surface area contributed by atoms with Crippen LogP contribution in [0.4, 0.5) is 11.4 Å². The first kappa shape index (κ1) is 16.1. The van der Waals surface area contributed by atoms with Crippen molar-refractivity contribution in [2.45, 2.75) is 6.92 Å². The molecule has 0 atom stereocenters. The lowest BCUT2D eigenvalue weighted by Gasteiger charge is -2.37. The molecule has 0 amide bonds. The number of hydrogen-bond donors (Lipinski definition) is 1. The first-order valence-corrected chi connectivity index (χ1v) is 8.55. The third kappa shape index (κ3) is 3.77. The zero-order chi connectivity index (χ0) is 16.2. The van der Waals surface area contributed by atoms with Crippen LogP contribution in [0.15, 0.2) is 48.5 Å². The molecule has 0 aliphatic carbocycles. The van der Waals surface area contributed by atoms with E-state index < -0.39 is 0 Å². The van der Waals surface area contributed by atoms with Crippen LogP contribution in [0.2, 0.25) is 5.02 Å². The molecule has 3 rings (SSSR count). The predicted octanol–water partition coefficient (Wildman–Crippen LogP) is 4.17. The minimum absolute atomic E-state index is 0.756. The summed E-state index contributed by atoms with van der Waals surface area (Å²) in [5, 5.41) is 4.85. The summed E-state index contributed by atoms with van der Waals surface area (Å²) in [7, 11) is 0. The molecule has 23 heavy (non-hydrogen) atoms. The Balaban J connectivity index is 1.59. The minimum atomic E-state index is 0.756. The standard InChI is InChI=1S/C18H20ClN3S/c1-14-16(19)8-5-9-17(14)20-18(23)22-12-10-21(11-13-22)15-6-3-2-4-7-15/h2-9H,10-13H2,1H3,(H,20,23). The normalized spacial score (nSPS) is 14.7. The summed E-state index contributed by atoms with van der Waals surface area (Å²) in [6.07, 6.45) is 0. The van der Waals surface area contributed by atoms with E-state index >= 15 is 0 Å². The van der Waals surface area contributed by atoms with Crippen molar-refractivity contribution in [1.82, 2.24) is 4.90 Å². The Morgan fingerprint density at radius 3 is 2.39 bits per heavy atom. The highest BCUT2D eigenvalue weighted by Gasteiger charge is 2.19.